The molecule has 0 unspecified atom stereocenters. The van der Waals surface area contributed by atoms with Gasteiger partial charge in [0.1, 0.15) is 11.4 Å². The molecule has 37 heavy (non-hydrogen) atoms. The number of rotatable bonds is 4. The van der Waals surface area contributed by atoms with Crippen LogP contribution in [0, 0.1) is 24.4 Å². The van der Waals surface area contributed by atoms with E-state index < -0.39 is 34.6 Å². The molecule has 1 spiro atoms. The normalized spacial score (nSPS) is 24.9. The van der Waals surface area contributed by atoms with E-state index >= 15 is 0 Å². The lowest BCUT2D eigenvalue weighted by atomic mass is 9.87. The van der Waals surface area contributed by atoms with E-state index in [0.717, 1.165) is 36.4 Å². The van der Waals surface area contributed by atoms with Gasteiger partial charge in [0.05, 0.1) is 36.4 Å². The first kappa shape index (κ1) is 23.6. The number of carbonyl (C=O) groups excluding carboxylic acids is 1. The van der Waals surface area contributed by atoms with Gasteiger partial charge < -0.3 is 18.9 Å². The Morgan fingerprint density at radius 3 is 2.49 bits per heavy atom. The van der Waals surface area contributed by atoms with Gasteiger partial charge in [0, 0.05) is 6.20 Å². The number of halogens is 3. The number of methoxy groups -OCH3 is 1. The summed E-state index contributed by atoms with van der Waals surface area (Å²) in [7, 11) is 1.57. The van der Waals surface area contributed by atoms with Crippen LogP contribution in [-0.4, -0.2) is 38.6 Å². The molecule has 9 heteroatoms. The zero-order valence-electron chi connectivity index (χ0n) is 20.7. The second kappa shape index (κ2) is 8.13. The molecule has 1 saturated carbocycles. The van der Waals surface area contributed by atoms with E-state index in [1.165, 1.54) is 0 Å². The average molecular weight is 510 g/mol. The van der Waals surface area contributed by atoms with Crippen LogP contribution in [0.25, 0.3) is 11.8 Å². The average Bonchev–Trinajstić information content (AvgIpc) is 3.38. The maximum atomic E-state index is 14.1. The van der Waals surface area contributed by atoms with E-state index in [4.69, 9.17) is 9.47 Å². The Morgan fingerprint density at radius 2 is 1.86 bits per heavy atom. The largest absolute Gasteiger partial charge is 0.495 e. The maximum absolute atomic E-state index is 14.1. The molecule has 3 aliphatic rings. The maximum Gasteiger partial charge on any atom is 0.290 e. The van der Waals surface area contributed by atoms with E-state index in [2.05, 4.69) is 4.98 Å². The first-order valence-electron chi connectivity index (χ1n) is 12.2. The topological polar surface area (TPSA) is 56.6 Å². The molecule has 2 aliphatic heterocycles. The first-order valence-corrected chi connectivity index (χ1v) is 12.2. The SMILES string of the molecule is COc1cc(/C=C2\OC3(CC3)[C@@]3(C)CC[C@@H](c4cc(F)c(F)c(F)c4)N3C2=O)ccc1-n1cnc(C)c1. The number of benzene rings is 2. The number of amides is 1. The number of ether oxygens (including phenoxy) is 2. The minimum atomic E-state index is -1.51. The summed E-state index contributed by atoms with van der Waals surface area (Å²) >= 11 is 0. The van der Waals surface area contributed by atoms with Crippen LogP contribution < -0.4 is 4.74 Å². The van der Waals surface area contributed by atoms with Crippen LogP contribution in [0.15, 0.2) is 48.6 Å². The first-order chi connectivity index (χ1) is 17.7. The van der Waals surface area contributed by atoms with Crippen molar-refractivity contribution in [3.8, 4) is 11.4 Å². The highest BCUT2D eigenvalue weighted by atomic mass is 19.2. The molecule has 3 heterocycles. The lowest BCUT2D eigenvalue weighted by Crippen LogP contribution is -2.60. The van der Waals surface area contributed by atoms with Crippen LogP contribution in [0.3, 0.4) is 0 Å². The van der Waals surface area contributed by atoms with Crippen molar-refractivity contribution in [1.82, 2.24) is 14.5 Å². The number of carbonyl (C=O) groups is 1. The van der Waals surface area contributed by atoms with Crippen molar-refractivity contribution < 1.29 is 27.4 Å². The van der Waals surface area contributed by atoms with Crippen LogP contribution >= 0.6 is 0 Å². The number of morpholine rings is 1. The molecule has 0 N–H and O–H groups in total. The molecule has 2 aromatic carbocycles. The molecule has 1 aromatic heterocycles. The smallest absolute Gasteiger partial charge is 0.290 e. The standard InChI is InChI=1S/C28H26F3N3O3/c1-16-14-33(15-32-16)22-5-4-17(10-23(22)36-3)11-24-26(35)34-21(18-12-19(29)25(31)20(30)13-18)6-7-27(34,2)28(37-24)8-9-28/h4-5,10-15,21H,6-9H2,1-3H3/b24-11-/t21-,27+/m0/s1. The number of hydrogen-bond acceptors (Lipinski definition) is 4. The quantitative estimate of drug-likeness (QED) is 0.338. The Kier molecular flexibility index (Phi) is 5.19. The predicted octanol–water partition coefficient (Wildman–Crippen LogP) is 5.63. The highest BCUT2D eigenvalue weighted by Crippen LogP contribution is 2.62. The molecule has 1 aliphatic carbocycles. The third-order valence-electron chi connectivity index (χ3n) is 8.05. The van der Waals surface area contributed by atoms with E-state index in [0.29, 0.717) is 24.2 Å². The van der Waals surface area contributed by atoms with E-state index in [-0.39, 0.29) is 17.2 Å². The summed E-state index contributed by atoms with van der Waals surface area (Å²) in [5.74, 6) is -3.64. The number of hydrogen-bond donors (Lipinski definition) is 0. The van der Waals surface area contributed by atoms with E-state index in [1.807, 2.05) is 42.8 Å². The van der Waals surface area contributed by atoms with Crippen molar-refractivity contribution in [2.45, 2.75) is 56.7 Å². The van der Waals surface area contributed by atoms with Crippen molar-refractivity contribution in [1.29, 1.82) is 0 Å². The highest BCUT2D eigenvalue weighted by Gasteiger charge is 2.69. The molecule has 2 saturated heterocycles. The van der Waals surface area contributed by atoms with Crippen LogP contribution in [-0.2, 0) is 9.53 Å². The zero-order chi connectivity index (χ0) is 26.1. The zero-order valence-corrected chi connectivity index (χ0v) is 20.7. The predicted molar refractivity (Wildman–Crippen MR) is 129 cm³/mol. The van der Waals surface area contributed by atoms with E-state index in [1.54, 1.807) is 24.4 Å². The molecule has 6 rings (SSSR count). The summed E-state index contributed by atoms with van der Waals surface area (Å²) in [5, 5.41) is 0. The van der Waals surface area contributed by atoms with Gasteiger partial charge in [0.15, 0.2) is 23.2 Å². The monoisotopic (exact) mass is 509 g/mol. The minimum Gasteiger partial charge on any atom is -0.495 e. The molecular weight excluding hydrogens is 483 g/mol. The minimum absolute atomic E-state index is 0.165. The molecule has 192 valence electrons. The van der Waals surface area contributed by atoms with Crippen molar-refractivity contribution in [3.05, 3.63) is 82.9 Å². The Hall–Kier alpha value is -3.75. The number of imidazole rings is 1. The second-order valence-electron chi connectivity index (χ2n) is 10.3. The molecule has 0 bridgehead atoms. The van der Waals surface area contributed by atoms with Crippen LogP contribution in [0.5, 0.6) is 5.75 Å². The lowest BCUT2D eigenvalue weighted by Gasteiger charge is -2.49. The van der Waals surface area contributed by atoms with Crippen molar-refractivity contribution >= 4 is 12.0 Å². The summed E-state index contributed by atoms with van der Waals surface area (Å²) in [6, 6.07) is 6.93. The summed E-state index contributed by atoms with van der Waals surface area (Å²) in [6.07, 6.45) is 7.91. The Labute approximate surface area is 212 Å². The number of fused-ring (bicyclic) bond motifs is 2. The number of nitrogens with zero attached hydrogens (tertiary/aromatic N) is 3. The fraction of sp³-hybridized carbons (Fsp3) is 0.357. The fourth-order valence-corrected chi connectivity index (χ4v) is 5.94. The molecule has 1 amide bonds. The second-order valence-corrected chi connectivity index (χ2v) is 10.3. The lowest BCUT2D eigenvalue weighted by molar-refractivity contribution is -0.160. The van der Waals surface area contributed by atoms with Gasteiger partial charge in [0.25, 0.3) is 5.91 Å². The molecule has 3 aromatic rings. The van der Waals surface area contributed by atoms with Gasteiger partial charge >= 0.3 is 0 Å². The van der Waals surface area contributed by atoms with Crippen molar-refractivity contribution in [3.63, 3.8) is 0 Å². The number of aryl methyl sites for hydroxylation is 1. The van der Waals surface area contributed by atoms with Crippen LogP contribution in [0.4, 0.5) is 13.2 Å². The highest BCUT2D eigenvalue weighted by molar-refractivity contribution is 5.98. The third kappa shape index (κ3) is 3.54. The van der Waals surface area contributed by atoms with Gasteiger partial charge in [-0.15, -0.1) is 0 Å². The van der Waals surface area contributed by atoms with Gasteiger partial charge in [-0.2, -0.15) is 0 Å². The Morgan fingerprint density at radius 1 is 1.14 bits per heavy atom. The fourth-order valence-electron chi connectivity index (χ4n) is 5.94. The summed E-state index contributed by atoms with van der Waals surface area (Å²) in [4.78, 5) is 19.8. The van der Waals surface area contributed by atoms with Gasteiger partial charge in [-0.25, -0.2) is 18.2 Å². The molecule has 2 atom stereocenters. The van der Waals surface area contributed by atoms with Crippen molar-refractivity contribution in [2.24, 2.45) is 0 Å². The number of aromatic nitrogens is 2. The van der Waals surface area contributed by atoms with Gasteiger partial charge in [-0.05, 0) is 81.0 Å². The van der Waals surface area contributed by atoms with Gasteiger partial charge in [-0.1, -0.05) is 6.07 Å². The molecule has 0 radical (unpaired) electrons. The molecule has 3 fully saturated rings. The van der Waals surface area contributed by atoms with E-state index in [9.17, 15) is 18.0 Å². The Balaban J connectivity index is 1.39. The van der Waals surface area contributed by atoms with Crippen molar-refractivity contribution in [2.75, 3.05) is 7.11 Å². The van der Waals surface area contributed by atoms with Crippen LogP contribution in [0.1, 0.15) is 55.5 Å². The molecule has 6 nitrogen and oxygen atoms in total. The Bertz CT molecular complexity index is 1440. The summed E-state index contributed by atoms with van der Waals surface area (Å²) in [5.41, 5.74) is 1.42. The van der Waals surface area contributed by atoms with Gasteiger partial charge in [0.2, 0.25) is 0 Å². The van der Waals surface area contributed by atoms with Crippen LogP contribution in [0.2, 0.25) is 0 Å². The summed E-state index contributed by atoms with van der Waals surface area (Å²) in [6.45, 7) is 3.87. The third-order valence-corrected chi connectivity index (χ3v) is 8.05. The molecular formula is C28H26F3N3O3. The van der Waals surface area contributed by atoms with Gasteiger partial charge in [-0.3, -0.25) is 4.79 Å². The summed E-state index contributed by atoms with van der Waals surface area (Å²) < 4.78 is 55.7.